The lowest BCUT2D eigenvalue weighted by Gasteiger charge is -2.44. The second kappa shape index (κ2) is 12.0. The number of anilines is 1. The van der Waals surface area contributed by atoms with Crippen LogP contribution in [0.4, 0.5) is 5.69 Å². The van der Waals surface area contributed by atoms with Crippen LogP contribution in [0.3, 0.4) is 0 Å². The molecule has 5 nitrogen and oxygen atoms in total. The Morgan fingerprint density at radius 3 is 2.50 bits per heavy atom. The van der Waals surface area contributed by atoms with Gasteiger partial charge >= 0.3 is 0 Å². The molecule has 1 heterocycles. The molecular weight excluding hydrogens is 474 g/mol. The Balaban J connectivity index is 1.56. The smallest absolute Gasteiger partial charge is 0.132 e. The second-order valence-corrected chi connectivity index (χ2v) is 10.0. The van der Waals surface area contributed by atoms with Crippen molar-refractivity contribution in [1.29, 1.82) is 0 Å². The number of unbranched alkanes of at least 4 members (excludes halogenated alkanes) is 1. The Bertz CT molecular complexity index is 1130. The van der Waals surface area contributed by atoms with Gasteiger partial charge in [0.2, 0.25) is 0 Å². The normalized spacial score (nSPS) is 18.2. The molecule has 2 atom stereocenters. The highest BCUT2D eigenvalue weighted by Gasteiger charge is 2.45. The summed E-state index contributed by atoms with van der Waals surface area (Å²) in [4.78, 5) is 0. The van der Waals surface area contributed by atoms with Gasteiger partial charge in [0.1, 0.15) is 29.3 Å². The van der Waals surface area contributed by atoms with E-state index in [2.05, 4.69) is 44.3 Å². The molecule has 0 bridgehead atoms. The van der Waals surface area contributed by atoms with E-state index in [-0.39, 0.29) is 12.2 Å². The topological polar surface area (TPSA) is 49.0 Å². The fourth-order valence-corrected chi connectivity index (χ4v) is 4.60. The summed E-state index contributed by atoms with van der Waals surface area (Å²) in [6.07, 6.45) is 1.48. The number of methoxy groups -OCH3 is 1. The van der Waals surface area contributed by atoms with Crippen molar-refractivity contribution in [3.8, 4) is 11.5 Å². The third-order valence-electron chi connectivity index (χ3n) is 6.48. The van der Waals surface area contributed by atoms with Crippen LogP contribution in [-0.4, -0.2) is 25.4 Å². The van der Waals surface area contributed by atoms with E-state index in [0.717, 1.165) is 41.2 Å². The molecule has 2 unspecified atom stereocenters. The standard InChI is InChI=1S/C30H36ClNO4/c1-5-6-17-34-28-25-18-23(32-19-21-11-14-24(33-4)15-12-21)13-16-27(25)36-30(2,3)29(28)35-20-22-9-7-8-10-26(22)31/h7-16,18,28-29,32H,5-6,17,19-20H2,1-4H3. The number of ether oxygens (including phenoxy) is 4. The Labute approximate surface area is 219 Å². The van der Waals surface area contributed by atoms with Gasteiger partial charge in [0.05, 0.1) is 13.7 Å². The first-order valence-corrected chi connectivity index (χ1v) is 13.0. The maximum Gasteiger partial charge on any atom is 0.132 e. The van der Waals surface area contributed by atoms with Gasteiger partial charge in [-0.1, -0.05) is 55.3 Å². The molecular formula is C30H36ClNO4. The number of nitrogens with one attached hydrogen (secondary N) is 1. The van der Waals surface area contributed by atoms with E-state index < -0.39 is 5.60 Å². The van der Waals surface area contributed by atoms with E-state index in [4.69, 9.17) is 30.5 Å². The number of benzene rings is 3. The van der Waals surface area contributed by atoms with Crippen LogP contribution in [0.15, 0.2) is 66.7 Å². The Morgan fingerprint density at radius 2 is 1.78 bits per heavy atom. The van der Waals surface area contributed by atoms with Crippen LogP contribution < -0.4 is 14.8 Å². The number of fused-ring (bicyclic) bond motifs is 1. The fourth-order valence-electron chi connectivity index (χ4n) is 4.41. The summed E-state index contributed by atoms with van der Waals surface area (Å²) in [6, 6.07) is 22.0. The van der Waals surface area contributed by atoms with Gasteiger partial charge in [-0.3, -0.25) is 0 Å². The van der Waals surface area contributed by atoms with E-state index in [1.165, 1.54) is 5.56 Å². The maximum absolute atomic E-state index is 6.49. The summed E-state index contributed by atoms with van der Waals surface area (Å²) in [7, 11) is 1.67. The molecule has 1 aliphatic heterocycles. The van der Waals surface area contributed by atoms with Crippen molar-refractivity contribution >= 4 is 17.3 Å². The molecule has 36 heavy (non-hydrogen) atoms. The predicted molar refractivity (Wildman–Crippen MR) is 145 cm³/mol. The van der Waals surface area contributed by atoms with Crippen LogP contribution in [0.1, 0.15) is 56.4 Å². The zero-order valence-electron chi connectivity index (χ0n) is 21.6. The second-order valence-electron chi connectivity index (χ2n) is 9.63. The van der Waals surface area contributed by atoms with Gasteiger partial charge < -0.3 is 24.3 Å². The van der Waals surface area contributed by atoms with Crippen molar-refractivity contribution in [1.82, 2.24) is 0 Å². The van der Waals surface area contributed by atoms with Gasteiger partial charge in [-0.15, -0.1) is 0 Å². The molecule has 0 saturated carbocycles. The first kappa shape index (κ1) is 26.3. The highest BCUT2D eigenvalue weighted by molar-refractivity contribution is 6.31. The zero-order chi connectivity index (χ0) is 25.5. The molecule has 1 N–H and O–H groups in total. The van der Waals surface area contributed by atoms with Crippen LogP contribution >= 0.6 is 11.6 Å². The lowest BCUT2D eigenvalue weighted by Crippen LogP contribution is -2.51. The number of hydrogen-bond donors (Lipinski definition) is 1. The molecule has 0 saturated heterocycles. The van der Waals surface area contributed by atoms with Crippen LogP contribution in [0.5, 0.6) is 11.5 Å². The molecule has 6 heteroatoms. The molecule has 0 spiro atoms. The van der Waals surface area contributed by atoms with Crippen LogP contribution in [0.25, 0.3) is 0 Å². The van der Waals surface area contributed by atoms with Crippen molar-refractivity contribution in [2.45, 2.75) is 64.6 Å². The van der Waals surface area contributed by atoms with Crippen molar-refractivity contribution in [3.63, 3.8) is 0 Å². The monoisotopic (exact) mass is 509 g/mol. The lowest BCUT2D eigenvalue weighted by molar-refractivity contribution is -0.167. The van der Waals surface area contributed by atoms with Gasteiger partial charge in [-0.25, -0.2) is 0 Å². The van der Waals surface area contributed by atoms with Crippen LogP contribution in [0, 0.1) is 0 Å². The third-order valence-corrected chi connectivity index (χ3v) is 6.85. The van der Waals surface area contributed by atoms with Crippen molar-refractivity contribution in [2.24, 2.45) is 0 Å². The molecule has 0 aromatic heterocycles. The van der Waals surface area contributed by atoms with E-state index in [1.807, 2.05) is 48.5 Å². The predicted octanol–water partition coefficient (Wildman–Crippen LogP) is 7.57. The maximum atomic E-state index is 6.49. The minimum atomic E-state index is -0.580. The molecule has 192 valence electrons. The van der Waals surface area contributed by atoms with E-state index in [0.29, 0.717) is 24.8 Å². The average Bonchev–Trinajstić information content (AvgIpc) is 2.88. The van der Waals surface area contributed by atoms with Crippen molar-refractivity contribution in [2.75, 3.05) is 19.0 Å². The molecule has 0 amide bonds. The molecule has 3 aromatic rings. The number of rotatable bonds is 11. The molecule has 0 fully saturated rings. The van der Waals surface area contributed by atoms with Gasteiger partial charge in [-0.2, -0.15) is 0 Å². The van der Waals surface area contributed by atoms with Gasteiger partial charge in [0.25, 0.3) is 0 Å². The van der Waals surface area contributed by atoms with Gasteiger partial charge in [0.15, 0.2) is 0 Å². The Hall–Kier alpha value is -2.73. The summed E-state index contributed by atoms with van der Waals surface area (Å²) < 4.78 is 24.7. The Kier molecular flexibility index (Phi) is 8.78. The van der Waals surface area contributed by atoms with Crippen molar-refractivity contribution in [3.05, 3.63) is 88.4 Å². The van der Waals surface area contributed by atoms with E-state index in [9.17, 15) is 0 Å². The molecule has 4 rings (SSSR count). The van der Waals surface area contributed by atoms with E-state index in [1.54, 1.807) is 7.11 Å². The molecule has 0 radical (unpaired) electrons. The molecule has 1 aliphatic rings. The Morgan fingerprint density at radius 1 is 1.00 bits per heavy atom. The fraction of sp³-hybridized carbons (Fsp3) is 0.400. The SMILES string of the molecule is CCCCOC1c2cc(NCc3ccc(OC)cc3)ccc2OC(C)(C)C1OCc1ccccc1Cl. The summed E-state index contributed by atoms with van der Waals surface area (Å²) in [5.41, 5.74) is 3.53. The highest BCUT2D eigenvalue weighted by Crippen LogP contribution is 2.45. The number of halogens is 1. The summed E-state index contributed by atoms with van der Waals surface area (Å²) in [6.45, 7) is 8.01. The summed E-state index contributed by atoms with van der Waals surface area (Å²) in [5, 5.41) is 4.22. The molecule has 3 aromatic carbocycles. The number of hydrogen-bond acceptors (Lipinski definition) is 5. The quantitative estimate of drug-likeness (QED) is 0.270. The average molecular weight is 510 g/mol. The van der Waals surface area contributed by atoms with Crippen LogP contribution in [0.2, 0.25) is 5.02 Å². The lowest BCUT2D eigenvalue weighted by atomic mass is 9.87. The first-order valence-electron chi connectivity index (χ1n) is 12.6. The largest absolute Gasteiger partial charge is 0.497 e. The minimum Gasteiger partial charge on any atom is -0.497 e. The zero-order valence-corrected chi connectivity index (χ0v) is 22.3. The summed E-state index contributed by atoms with van der Waals surface area (Å²) >= 11 is 6.40. The van der Waals surface area contributed by atoms with E-state index >= 15 is 0 Å². The molecule has 0 aliphatic carbocycles. The van der Waals surface area contributed by atoms with Gasteiger partial charge in [-0.05, 0) is 67.8 Å². The minimum absolute atomic E-state index is 0.263. The highest BCUT2D eigenvalue weighted by atomic mass is 35.5. The first-order chi connectivity index (χ1) is 17.4. The van der Waals surface area contributed by atoms with Crippen molar-refractivity contribution < 1.29 is 18.9 Å². The van der Waals surface area contributed by atoms with Gasteiger partial charge in [0, 0.05) is 29.4 Å². The van der Waals surface area contributed by atoms with Crippen LogP contribution in [-0.2, 0) is 22.6 Å². The summed E-state index contributed by atoms with van der Waals surface area (Å²) in [5.74, 6) is 1.68. The third kappa shape index (κ3) is 6.33.